The molecule has 6 nitrogen and oxygen atoms in total. The average molecular weight is 252 g/mol. The van der Waals surface area contributed by atoms with E-state index in [4.69, 9.17) is 4.42 Å². The molecule has 2 aromatic rings. The first kappa shape index (κ1) is 11.7. The number of nitrogens with one attached hydrogen (secondary N) is 2. The molecule has 0 saturated carbocycles. The van der Waals surface area contributed by atoms with Gasteiger partial charge in [0.15, 0.2) is 5.76 Å². The van der Waals surface area contributed by atoms with Gasteiger partial charge in [0.1, 0.15) is 17.9 Å². The molecule has 7 heteroatoms. The number of furan rings is 1. The second-order valence-electron chi connectivity index (χ2n) is 3.31. The van der Waals surface area contributed by atoms with Gasteiger partial charge in [-0.15, -0.1) is 0 Å². The van der Waals surface area contributed by atoms with Crippen molar-refractivity contribution in [3.63, 3.8) is 0 Å². The molecule has 0 fully saturated rings. The van der Waals surface area contributed by atoms with Crippen LogP contribution in [0.2, 0.25) is 0 Å². The molecule has 0 unspecified atom stereocenters. The Morgan fingerprint density at radius 2 is 2.47 bits per heavy atom. The number of rotatable bonds is 5. The monoisotopic (exact) mass is 252 g/mol. The SMILES string of the molecule is CSCc1ccc(C(=O)NCc2ncn[nH]2)o1. The largest absolute Gasteiger partial charge is 0.455 e. The standard InChI is InChI=1S/C10H12N4O2S/c1-17-5-7-2-3-8(16-7)10(15)11-4-9-12-6-13-14-9/h2-3,6H,4-5H2,1H3,(H,11,15)(H,12,13,14). The molecule has 2 rings (SSSR count). The lowest BCUT2D eigenvalue weighted by Crippen LogP contribution is -2.22. The van der Waals surface area contributed by atoms with E-state index < -0.39 is 0 Å². The van der Waals surface area contributed by atoms with Crippen LogP contribution in [0.4, 0.5) is 0 Å². The Hall–Kier alpha value is -1.76. The number of nitrogens with zero attached hydrogens (tertiary/aromatic N) is 2. The smallest absolute Gasteiger partial charge is 0.287 e. The number of hydrogen-bond acceptors (Lipinski definition) is 5. The molecule has 0 saturated heterocycles. The van der Waals surface area contributed by atoms with E-state index in [1.54, 1.807) is 23.9 Å². The van der Waals surface area contributed by atoms with E-state index >= 15 is 0 Å². The fraction of sp³-hybridized carbons (Fsp3) is 0.300. The van der Waals surface area contributed by atoms with E-state index in [2.05, 4.69) is 20.5 Å². The van der Waals surface area contributed by atoms with Crippen molar-refractivity contribution in [2.24, 2.45) is 0 Å². The van der Waals surface area contributed by atoms with Crippen molar-refractivity contribution >= 4 is 17.7 Å². The molecule has 2 aromatic heterocycles. The Labute approximate surface area is 102 Å². The second-order valence-corrected chi connectivity index (χ2v) is 4.18. The molecule has 0 aliphatic rings. The highest BCUT2D eigenvalue weighted by Gasteiger charge is 2.10. The van der Waals surface area contributed by atoms with Crippen molar-refractivity contribution in [1.29, 1.82) is 0 Å². The summed E-state index contributed by atoms with van der Waals surface area (Å²) in [6.45, 7) is 0.303. The number of carbonyl (C=O) groups excluding carboxylic acids is 1. The number of aromatic nitrogens is 3. The summed E-state index contributed by atoms with van der Waals surface area (Å²) >= 11 is 1.64. The van der Waals surface area contributed by atoms with Gasteiger partial charge in [-0.05, 0) is 18.4 Å². The third-order valence-corrected chi connectivity index (χ3v) is 2.63. The molecule has 0 bridgehead atoms. The molecule has 0 aliphatic heterocycles. The summed E-state index contributed by atoms with van der Waals surface area (Å²) in [6.07, 6.45) is 3.37. The minimum Gasteiger partial charge on any atom is -0.455 e. The van der Waals surface area contributed by atoms with Crippen molar-refractivity contribution in [3.8, 4) is 0 Å². The Morgan fingerprint density at radius 3 is 3.18 bits per heavy atom. The Kier molecular flexibility index (Phi) is 3.81. The zero-order valence-electron chi connectivity index (χ0n) is 9.27. The first-order valence-corrected chi connectivity index (χ1v) is 6.39. The summed E-state index contributed by atoms with van der Waals surface area (Å²) in [6, 6.07) is 3.47. The minimum absolute atomic E-state index is 0.256. The summed E-state index contributed by atoms with van der Waals surface area (Å²) in [4.78, 5) is 15.6. The molecule has 2 heterocycles. The number of aromatic amines is 1. The number of H-pyrrole nitrogens is 1. The van der Waals surface area contributed by atoms with Crippen LogP contribution in [-0.4, -0.2) is 27.3 Å². The molecule has 0 radical (unpaired) electrons. The fourth-order valence-electron chi connectivity index (χ4n) is 1.29. The third-order valence-electron chi connectivity index (χ3n) is 2.05. The molecule has 17 heavy (non-hydrogen) atoms. The topological polar surface area (TPSA) is 83.8 Å². The van der Waals surface area contributed by atoms with E-state index in [0.29, 0.717) is 18.1 Å². The summed E-state index contributed by atoms with van der Waals surface area (Å²) in [5.74, 6) is 2.22. The van der Waals surface area contributed by atoms with Gasteiger partial charge in [0.05, 0.1) is 12.3 Å². The van der Waals surface area contributed by atoms with Crippen LogP contribution in [0.1, 0.15) is 22.1 Å². The number of carbonyl (C=O) groups is 1. The first-order chi connectivity index (χ1) is 8.29. The molecular weight excluding hydrogens is 240 g/mol. The lowest BCUT2D eigenvalue weighted by Gasteiger charge is -1.99. The molecule has 2 N–H and O–H groups in total. The highest BCUT2D eigenvalue weighted by molar-refractivity contribution is 7.97. The molecule has 0 atom stereocenters. The van der Waals surface area contributed by atoms with Gasteiger partial charge in [0.2, 0.25) is 0 Å². The Balaban J connectivity index is 1.90. The maximum atomic E-state index is 11.7. The lowest BCUT2D eigenvalue weighted by atomic mass is 10.4. The van der Waals surface area contributed by atoms with E-state index in [-0.39, 0.29) is 5.91 Å². The van der Waals surface area contributed by atoms with Crippen LogP contribution in [0.25, 0.3) is 0 Å². The van der Waals surface area contributed by atoms with Crippen LogP contribution < -0.4 is 5.32 Å². The quantitative estimate of drug-likeness (QED) is 0.835. The predicted molar refractivity (Wildman–Crippen MR) is 63.5 cm³/mol. The average Bonchev–Trinajstić information content (AvgIpc) is 2.97. The van der Waals surface area contributed by atoms with Crippen LogP contribution in [-0.2, 0) is 12.3 Å². The predicted octanol–water partition coefficient (Wildman–Crippen LogP) is 1.19. The number of hydrogen-bond donors (Lipinski definition) is 2. The van der Waals surface area contributed by atoms with Crippen LogP contribution >= 0.6 is 11.8 Å². The highest BCUT2D eigenvalue weighted by Crippen LogP contribution is 2.13. The molecule has 0 aromatic carbocycles. The van der Waals surface area contributed by atoms with E-state index in [9.17, 15) is 4.79 Å². The molecular formula is C10H12N4O2S. The van der Waals surface area contributed by atoms with Gasteiger partial charge < -0.3 is 9.73 Å². The van der Waals surface area contributed by atoms with Crippen molar-refractivity contribution in [2.75, 3.05) is 6.26 Å². The minimum atomic E-state index is -0.256. The zero-order valence-corrected chi connectivity index (χ0v) is 10.1. The molecule has 90 valence electrons. The van der Waals surface area contributed by atoms with Gasteiger partial charge in [0, 0.05) is 0 Å². The maximum Gasteiger partial charge on any atom is 0.287 e. The molecule has 1 amide bonds. The summed E-state index contributed by atoms with van der Waals surface area (Å²) in [7, 11) is 0. The first-order valence-electron chi connectivity index (χ1n) is 4.99. The summed E-state index contributed by atoms with van der Waals surface area (Å²) in [5.41, 5.74) is 0. The Bertz CT molecular complexity index is 480. The van der Waals surface area contributed by atoms with Crippen LogP contribution in [0.5, 0.6) is 0 Å². The maximum absolute atomic E-state index is 11.7. The number of thioether (sulfide) groups is 1. The van der Waals surface area contributed by atoms with Crippen LogP contribution in [0.3, 0.4) is 0 Å². The van der Waals surface area contributed by atoms with Crippen LogP contribution in [0.15, 0.2) is 22.9 Å². The van der Waals surface area contributed by atoms with Gasteiger partial charge in [-0.25, -0.2) is 4.98 Å². The summed E-state index contributed by atoms with van der Waals surface area (Å²) < 4.78 is 5.38. The van der Waals surface area contributed by atoms with Gasteiger partial charge in [-0.3, -0.25) is 9.89 Å². The van der Waals surface area contributed by atoms with Gasteiger partial charge in [0.25, 0.3) is 5.91 Å². The fourth-order valence-corrected chi connectivity index (χ4v) is 1.73. The molecule has 0 aliphatic carbocycles. The highest BCUT2D eigenvalue weighted by atomic mass is 32.2. The van der Waals surface area contributed by atoms with Crippen molar-refractivity contribution in [2.45, 2.75) is 12.3 Å². The van der Waals surface area contributed by atoms with Gasteiger partial charge in [-0.1, -0.05) is 0 Å². The molecule has 0 spiro atoms. The van der Waals surface area contributed by atoms with Crippen LogP contribution in [0, 0.1) is 0 Å². The summed E-state index contributed by atoms with van der Waals surface area (Å²) in [5, 5.41) is 9.03. The zero-order chi connectivity index (χ0) is 12.1. The van der Waals surface area contributed by atoms with Crippen molar-refractivity contribution in [3.05, 3.63) is 35.8 Å². The van der Waals surface area contributed by atoms with E-state index in [1.807, 2.05) is 6.26 Å². The van der Waals surface area contributed by atoms with E-state index in [0.717, 1.165) is 11.5 Å². The van der Waals surface area contributed by atoms with Gasteiger partial charge in [-0.2, -0.15) is 16.9 Å². The number of amides is 1. The van der Waals surface area contributed by atoms with Crippen molar-refractivity contribution < 1.29 is 9.21 Å². The normalized spacial score (nSPS) is 10.4. The third kappa shape index (κ3) is 3.10. The second kappa shape index (κ2) is 5.53. The van der Waals surface area contributed by atoms with Gasteiger partial charge >= 0.3 is 0 Å². The van der Waals surface area contributed by atoms with E-state index in [1.165, 1.54) is 6.33 Å². The van der Waals surface area contributed by atoms with Crippen molar-refractivity contribution in [1.82, 2.24) is 20.5 Å². The Morgan fingerprint density at radius 1 is 1.59 bits per heavy atom. The lowest BCUT2D eigenvalue weighted by molar-refractivity contribution is 0.0921.